The molecular formula is C16H16N4O2S. The molecule has 0 aliphatic carbocycles. The minimum atomic E-state index is -0.664. The fourth-order valence-electron chi connectivity index (χ4n) is 2.48. The van der Waals surface area contributed by atoms with Crippen molar-refractivity contribution in [2.75, 3.05) is 5.32 Å². The van der Waals surface area contributed by atoms with E-state index < -0.39 is 11.7 Å². The largest absolute Gasteiger partial charge is 0.348 e. The van der Waals surface area contributed by atoms with Crippen molar-refractivity contribution in [2.45, 2.75) is 26.8 Å². The van der Waals surface area contributed by atoms with Gasteiger partial charge in [0.25, 0.3) is 0 Å². The highest BCUT2D eigenvalue weighted by Gasteiger charge is 2.20. The number of para-hydroxylation sites is 1. The first-order chi connectivity index (χ1) is 11.0. The first-order valence-electron chi connectivity index (χ1n) is 7.19. The maximum Gasteiger partial charge on any atom is 0.348 e. The lowest BCUT2D eigenvalue weighted by atomic mass is 10.2. The summed E-state index contributed by atoms with van der Waals surface area (Å²) in [6, 6.07) is 8.78. The zero-order valence-electron chi connectivity index (χ0n) is 13.0. The molecule has 118 valence electrons. The van der Waals surface area contributed by atoms with Crippen LogP contribution in [0.1, 0.15) is 24.4 Å². The van der Waals surface area contributed by atoms with Gasteiger partial charge in [-0.15, -0.1) is 0 Å². The van der Waals surface area contributed by atoms with E-state index in [0.29, 0.717) is 16.5 Å². The number of fused-ring (bicyclic) bond motifs is 1. The normalized spacial score (nSPS) is 12.3. The van der Waals surface area contributed by atoms with Gasteiger partial charge in [0.15, 0.2) is 5.13 Å². The number of carbonyl (C=O) groups is 1. The van der Waals surface area contributed by atoms with Crippen LogP contribution in [0.15, 0.2) is 35.1 Å². The minimum absolute atomic E-state index is 0.292. The maximum atomic E-state index is 12.4. The van der Waals surface area contributed by atoms with Crippen LogP contribution in [0.4, 0.5) is 5.13 Å². The van der Waals surface area contributed by atoms with Gasteiger partial charge in [-0.25, -0.2) is 9.78 Å². The molecule has 0 bridgehead atoms. The van der Waals surface area contributed by atoms with Crippen LogP contribution < -0.4 is 11.0 Å². The smallest absolute Gasteiger partial charge is 0.300 e. The summed E-state index contributed by atoms with van der Waals surface area (Å²) in [6.45, 7) is 5.22. The summed E-state index contributed by atoms with van der Waals surface area (Å²) in [4.78, 5) is 32.8. The number of carbonyl (C=O) groups excluding carboxylic acids is 1. The summed E-state index contributed by atoms with van der Waals surface area (Å²) in [5.41, 5.74) is 1.76. The molecule has 0 aliphatic heterocycles. The summed E-state index contributed by atoms with van der Waals surface area (Å²) in [5.74, 6) is -0.292. The predicted octanol–water partition coefficient (Wildman–Crippen LogP) is 2.67. The van der Waals surface area contributed by atoms with Crippen molar-refractivity contribution in [3.63, 3.8) is 0 Å². The number of nitrogens with one attached hydrogen (secondary N) is 1. The van der Waals surface area contributed by atoms with E-state index in [0.717, 1.165) is 10.2 Å². The van der Waals surface area contributed by atoms with Crippen LogP contribution in [0.2, 0.25) is 0 Å². The van der Waals surface area contributed by atoms with E-state index >= 15 is 0 Å². The highest BCUT2D eigenvalue weighted by Crippen LogP contribution is 2.26. The first-order valence-corrected chi connectivity index (χ1v) is 8.00. The van der Waals surface area contributed by atoms with Gasteiger partial charge in [0.1, 0.15) is 6.04 Å². The van der Waals surface area contributed by atoms with Crippen molar-refractivity contribution in [1.82, 2.24) is 14.5 Å². The summed E-state index contributed by atoms with van der Waals surface area (Å²) >= 11 is 1.40. The van der Waals surface area contributed by atoms with E-state index in [1.807, 2.05) is 24.3 Å². The van der Waals surface area contributed by atoms with E-state index in [2.05, 4.69) is 15.3 Å². The number of aromatic nitrogens is 3. The number of amides is 1. The average Bonchev–Trinajstić information content (AvgIpc) is 2.88. The average molecular weight is 328 g/mol. The molecule has 0 radical (unpaired) electrons. The fourth-order valence-corrected chi connectivity index (χ4v) is 3.35. The Bertz CT molecular complexity index is 912. The Morgan fingerprint density at radius 2 is 2.00 bits per heavy atom. The molecule has 1 unspecified atom stereocenters. The van der Waals surface area contributed by atoms with Gasteiger partial charge in [-0.05, 0) is 39.0 Å². The Balaban J connectivity index is 1.87. The molecule has 6 nitrogen and oxygen atoms in total. The van der Waals surface area contributed by atoms with Crippen molar-refractivity contribution in [3.8, 4) is 0 Å². The number of rotatable bonds is 3. The number of nitrogens with zero attached hydrogens (tertiary/aromatic N) is 3. The highest BCUT2D eigenvalue weighted by atomic mass is 32.1. The monoisotopic (exact) mass is 328 g/mol. The van der Waals surface area contributed by atoms with Gasteiger partial charge < -0.3 is 5.32 Å². The van der Waals surface area contributed by atoms with Gasteiger partial charge >= 0.3 is 5.69 Å². The van der Waals surface area contributed by atoms with E-state index in [9.17, 15) is 9.59 Å². The van der Waals surface area contributed by atoms with Gasteiger partial charge in [0, 0.05) is 11.4 Å². The topological polar surface area (TPSA) is 76.9 Å². The second-order valence-corrected chi connectivity index (χ2v) is 6.37. The number of hydrogen-bond acceptors (Lipinski definition) is 5. The lowest BCUT2D eigenvalue weighted by molar-refractivity contribution is -0.118. The number of thiazole rings is 1. The van der Waals surface area contributed by atoms with Crippen LogP contribution in [0.25, 0.3) is 10.2 Å². The van der Waals surface area contributed by atoms with E-state index in [4.69, 9.17) is 0 Å². The highest BCUT2D eigenvalue weighted by molar-refractivity contribution is 7.22. The molecule has 3 rings (SSSR count). The van der Waals surface area contributed by atoms with E-state index in [-0.39, 0.29) is 5.91 Å². The Hall–Kier alpha value is -2.54. The molecule has 2 heterocycles. The van der Waals surface area contributed by atoms with Crippen LogP contribution in [0, 0.1) is 13.8 Å². The van der Waals surface area contributed by atoms with Crippen LogP contribution >= 0.6 is 11.3 Å². The Morgan fingerprint density at radius 3 is 2.70 bits per heavy atom. The van der Waals surface area contributed by atoms with Crippen LogP contribution in [0.3, 0.4) is 0 Å². The van der Waals surface area contributed by atoms with Gasteiger partial charge in [-0.1, -0.05) is 23.5 Å². The number of benzene rings is 1. The maximum absolute atomic E-state index is 12.4. The van der Waals surface area contributed by atoms with Crippen molar-refractivity contribution in [3.05, 3.63) is 52.2 Å². The third-order valence-electron chi connectivity index (χ3n) is 3.57. The molecule has 0 fully saturated rings. The third kappa shape index (κ3) is 3.00. The molecule has 0 spiro atoms. The molecule has 0 aliphatic rings. The van der Waals surface area contributed by atoms with Crippen LogP contribution in [0.5, 0.6) is 0 Å². The van der Waals surface area contributed by atoms with Gasteiger partial charge in [0.2, 0.25) is 5.91 Å². The third-order valence-corrected chi connectivity index (χ3v) is 4.52. The van der Waals surface area contributed by atoms with Crippen LogP contribution in [-0.2, 0) is 4.79 Å². The molecule has 1 N–H and O–H groups in total. The standard InChI is InChI=1S/C16H16N4O2S/c1-9-8-10(2)20(16(22)17-9)11(3)14(21)19-15-18-12-6-4-5-7-13(12)23-15/h4-8,11H,1-3H3,(H,18,19,21). The Morgan fingerprint density at radius 1 is 1.26 bits per heavy atom. The molecule has 2 aromatic heterocycles. The van der Waals surface area contributed by atoms with Gasteiger partial charge in [-0.2, -0.15) is 4.98 Å². The van der Waals surface area contributed by atoms with Gasteiger partial charge in [0.05, 0.1) is 10.2 Å². The Kier molecular flexibility index (Phi) is 3.96. The molecule has 1 amide bonds. The SMILES string of the molecule is Cc1cc(C)n(C(C)C(=O)Nc2nc3ccccc3s2)c(=O)n1. The van der Waals surface area contributed by atoms with Crippen molar-refractivity contribution in [2.24, 2.45) is 0 Å². The van der Waals surface area contributed by atoms with Crippen molar-refractivity contribution in [1.29, 1.82) is 0 Å². The summed E-state index contributed by atoms with van der Waals surface area (Å²) in [6.07, 6.45) is 0. The lowest BCUT2D eigenvalue weighted by Gasteiger charge is -2.16. The van der Waals surface area contributed by atoms with Crippen molar-refractivity contribution < 1.29 is 4.79 Å². The summed E-state index contributed by atoms with van der Waals surface area (Å²) in [5, 5.41) is 3.30. The number of anilines is 1. The molecule has 23 heavy (non-hydrogen) atoms. The zero-order valence-corrected chi connectivity index (χ0v) is 13.8. The number of hydrogen-bond donors (Lipinski definition) is 1. The zero-order chi connectivity index (χ0) is 16.6. The molecule has 7 heteroatoms. The van der Waals surface area contributed by atoms with Crippen molar-refractivity contribution >= 4 is 32.6 Å². The Labute approximate surface area is 136 Å². The van der Waals surface area contributed by atoms with Crippen LogP contribution in [-0.4, -0.2) is 20.4 Å². The molecule has 1 atom stereocenters. The fraction of sp³-hybridized carbons (Fsp3) is 0.250. The van der Waals surface area contributed by atoms with E-state index in [1.165, 1.54) is 15.9 Å². The molecule has 1 aromatic carbocycles. The molecular weight excluding hydrogens is 312 g/mol. The molecule has 0 saturated heterocycles. The lowest BCUT2D eigenvalue weighted by Crippen LogP contribution is -2.34. The first kappa shape index (κ1) is 15.4. The minimum Gasteiger partial charge on any atom is -0.300 e. The summed E-state index contributed by atoms with van der Waals surface area (Å²) in [7, 11) is 0. The summed E-state index contributed by atoms with van der Waals surface area (Å²) < 4.78 is 2.39. The second-order valence-electron chi connectivity index (χ2n) is 5.34. The van der Waals surface area contributed by atoms with Gasteiger partial charge in [-0.3, -0.25) is 9.36 Å². The predicted molar refractivity (Wildman–Crippen MR) is 90.9 cm³/mol. The molecule has 0 saturated carbocycles. The van der Waals surface area contributed by atoms with E-state index in [1.54, 1.807) is 26.8 Å². The second kappa shape index (κ2) is 5.92. The molecule has 3 aromatic rings. The quantitative estimate of drug-likeness (QED) is 0.802. The number of aryl methyl sites for hydroxylation is 2.